The van der Waals surface area contributed by atoms with Gasteiger partial charge in [-0.25, -0.2) is 0 Å². The van der Waals surface area contributed by atoms with Gasteiger partial charge in [-0.3, -0.25) is 0 Å². The molecule has 3 atom stereocenters. The van der Waals surface area contributed by atoms with Gasteiger partial charge in [-0.05, 0) is 60.3 Å². The third-order valence-corrected chi connectivity index (χ3v) is 5.76. The van der Waals surface area contributed by atoms with Crippen molar-refractivity contribution in [1.82, 2.24) is 0 Å². The van der Waals surface area contributed by atoms with Crippen molar-refractivity contribution in [3.05, 3.63) is 28.2 Å². The van der Waals surface area contributed by atoms with Crippen molar-refractivity contribution in [3.63, 3.8) is 0 Å². The third kappa shape index (κ3) is 4.01. The first-order valence-electron chi connectivity index (χ1n) is 7.84. The molecule has 21 heavy (non-hydrogen) atoms. The second-order valence-corrected chi connectivity index (χ2v) is 8.07. The predicted octanol–water partition coefficient (Wildman–Crippen LogP) is 4.82. The fourth-order valence-corrected chi connectivity index (χ4v) is 4.08. The maximum atomic E-state index is 10.5. The van der Waals surface area contributed by atoms with Crippen LogP contribution in [0.4, 0.5) is 0 Å². The van der Waals surface area contributed by atoms with E-state index < -0.39 is 0 Å². The van der Waals surface area contributed by atoms with Gasteiger partial charge in [0.05, 0.1) is 13.2 Å². The fraction of sp³-hybridized carbons (Fsp3) is 0.667. The molecule has 1 aromatic carbocycles. The quantitative estimate of drug-likeness (QED) is 0.839. The number of hydrogen-bond acceptors (Lipinski definition) is 2. The average Bonchev–Trinajstić information content (AvgIpc) is 2.40. The average molecular weight is 355 g/mol. The van der Waals surface area contributed by atoms with Crippen LogP contribution in [0.5, 0.6) is 5.75 Å². The molecule has 1 aromatic rings. The molecule has 0 aliphatic heterocycles. The van der Waals surface area contributed by atoms with Gasteiger partial charge in [0, 0.05) is 4.47 Å². The van der Waals surface area contributed by atoms with Gasteiger partial charge in [-0.15, -0.1) is 0 Å². The van der Waals surface area contributed by atoms with Crippen molar-refractivity contribution in [2.24, 2.45) is 17.3 Å². The Morgan fingerprint density at radius 1 is 1.33 bits per heavy atom. The van der Waals surface area contributed by atoms with Gasteiger partial charge in [0.1, 0.15) is 5.75 Å². The van der Waals surface area contributed by atoms with E-state index in [1.54, 1.807) is 7.11 Å². The summed E-state index contributed by atoms with van der Waals surface area (Å²) in [5.41, 5.74) is 1.33. The molecule has 0 radical (unpaired) electrons. The van der Waals surface area contributed by atoms with E-state index in [4.69, 9.17) is 4.74 Å². The minimum atomic E-state index is -0.173. The zero-order chi connectivity index (χ0) is 15.6. The lowest BCUT2D eigenvalue weighted by Gasteiger charge is -2.42. The molecule has 1 N–H and O–H groups in total. The highest BCUT2D eigenvalue weighted by Gasteiger charge is 2.38. The SMILES string of the molecule is COc1ccc(Br)c(CC(C)(C)C2CCC(C)CC2O)c1. The number of aliphatic hydroxyl groups excluding tert-OH is 1. The Labute approximate surface area is 137 Å². The normalized spacial score (nSPS) is 26.7. The summed E-state index contributed by atoms with van der Waals surface area (Å²) in [6.45, 7) is 6.80. The van der Waals surface area contributed by atoms with Gasteiger partial charge < -0.3 is 9.84 Å². The molecular formula is C18H27BrO2. The molecule has 2 rings (SSSR count). The number of methoxy groups -OCH3 is 1. The first-order chi connectivity index (χ1) is 9.83. The molecule has 2 nitrogen and oxygen atoms in total. The fourth-order valence-electron chi connectivity index (χ4n) is 3.70. The van der Waals surface area contributed by atoms with Crippen molar-refractivity contribution in [2.45, 2.75) is 52.6 Å². The zero-order valence-electron chi connectivity index (χ0n) is 13.5. The summed E-state index contributed by atoms with van der Waals surface area (Å²) in [5.74, 6) is 1.91. The van der Waals surface area contributed by atoms with Crippen molar-refractivity contribution >= 4 is 15.9 Å². The standard InChI is InChI=1S/C18H27BrO2/c1-12-5-7-15(17(20)9-12)18(2,3)11-13-10-14(21-4)6-8-16(13)19/h6,8,10,12,15,17,20H,5,7,9,11H2,1-4H3. The van der Waals surface area contributed by atoms with E-state index in [9.17, 15) is 5.11 Å². The van der Waals surface area contributed by atoms with E-state index in [1.165, 1.54) is 12.0 Å². The highest BCUT2D eigenvalue weighted by Crippen LogP contribution is 2.43. The van der Waals surface area contributed by atoms with Crippen molar-refractivity contribution in [3.8, 4) is 5.75 Å². The first kappa shape index (κ1) is 16.8. The van der Waals surface area contributed by atoms with E-state index in [0.717, 1.165) is 29.5 Å². The Bertz CT molecular complexity index is 484. The molecule has 0 bridgehead atoms. The minimum Gasteiger partial charge on any atom is -0.497 e. The Morgan fingerprint density at radius 3 is 2.67 bits per heavy atom. The summed E-state index contributed by atoms with van der Waals surface area (Å²) in [6.07, 6.45) is 4.06. The molecule has 0 heterocycles. The van der Waals surface area contributed by atoms with Gasteiger partial charge in [-0.2, -0.15) is 0 Å². The summed E-state index contributed by atoms with van der Waals surface area (Å²) in [6, 6.07) is 6.12. The highest BCUT2D eigenvalue weighted by atomic mass is 79.9. The van der Waals surface area contributed by atoms with Crippen LogP contribution < -0.4 is 4.74 Å². The zero-order valence-corrected chi connectivity index (χ0v) is 15.1. The summed E-state index contributed by atoms with van der Waals surface area (Å²) < 4.78 is 6.46. The van der Waals surface area contributed by atoms with E-state index >= 15 is 0 Å². The Hall–Kier alpha value is -0.540. The molecule has 1 saturated carbocycles. The number of halogens is 1. The van der Waals surface area contributed by atoms with Crippen molar-refractivity contribution in [2.75, 3.05) is 7.11 Å². The van der Waals surface area contributed by atoms with Crippen molar-refractivity contribution in [1.29, 1.82) is 0 Å². The summed E-state index contributed by atoms with van der Waals surface area (Å²) in [5, 5.41) is 10.5. The summed E-state index contributed by atoms with van der Waals surface area (Å²) in [4.78, 5) is 0. The van der Waals surface area contributed by atoms with Crippen LogP contribution in [0.3, 0.4) is 0 Å². The van der Waals surface area contributed by atoms with Crippen LogP contribution in [0.25, 0.3) is 0 Å². The molecule has 0 aromatic heterocycles. The number of aliphatic hydroxyl groups is 1. The lowest BCUT2D eigenvalue weighted by atomic mass is 9.65. The molecule has 118 valence electrons. The maximum Gasteiger partial charge on any atom is 0.119 e. The predicted molar refractivity (Wildman–Crippen MR) is 90.7 cm³/mol. The Morgan fingerprint density at radius 2 is 2.05 bits per heavy atom. The van der Waals surface area contributed by atoms with Gasteiger partial charge in [0.2, 0.25) is 0 Å². The van der Waals surface area contributed by atoms with Crippen LogP contribution in [0.2, 0.25) is 0 Å². The molecule has 3 unspecified atom stereocenters. The molecule has 0 spiro atoms. The van der Waals surface area contributed by atoms with Crippen LogP contribution >= 0.6 is 15.9 Å². The van der Waals surface area contributed by atoms with Crippen LogP contribution in [0.15, 0.2) is 22.7 Å². The minimum absolute atomic E-state index is 0.0778. The topological polar surface area (TPSA) is 29.5 Å². The number of hydrogen-bond donors (Lipinski definition) is 1. The molecule has 0 amide bonds. The van der Waals surface area contributed by atoms with Gasteiger partial charge in [0.25, 0.3) is 0 Å². The largest absolute Gasteiger partial charge is 0.497 e. The molecule has 1 aliphatic rings. The first-order valence-corrected chi connectivity index (χ1v) is 8.63. The van der Waals surface area contributed by atoms with Gasteiger partial charge >= 0.3 is 0 Å². The molecule has 3 heteroatoms. The van der Waals surface area contributed by atoms with Crippen LogP contribution in [0, 0.1) is 17.3 Å². The monoisotopic (exact) mass is 354 g/mol. The second-order valence-electron chi connectivity index (χ2n) is 7.21. The van der Waals surface area contributed by atoms with E-state index in [-0.39, 0.29) is 11.5 Å². The molecule has 1 fully saturated rings. The van der Waals surface area contributed by atoms with Crippen molar-refractivity contribution < 1.29 is 9.84 Å². The second kappa shape index (κ2) is 6.70. The van der Waals surface area contributed by atoms with Crippen LogP contribution in [-0.2, 0) is 6.42 Å². The maximum absolute atomic E-state index is 10.5. The smallest absolute Gasteiger partial charge is 0.119 e. The van der Waals surface area contributed by atoms with Crippen LogP contribution in [-0.4, -0.2) is 18.3 Å². The summed E-state index contributed by atoms with van der Waals surface area (Å²) >= 11 is 3.64. The van der Waals surface area contributed by atoms with E-state index in [2.05, 4.69) is 42.8 Å². The van der Waals surface area contributed by atoms with E-state index in [0.29, 0.717) is 11.8 Å². The lowest BCUT2D eigenvalue weighted by molar-refractivity contribution is -0.0126. The number of ether oxygens (including phenoxy) is 1. The van der Waals surface area contributed by atoms with Gasteiger partial charge in [-0.1, -0.05) is 43.1 Å². The van der Waals surface area contributed by atoms with Crippen LogP contribution in [0.1, 0.15) is 45.6 Å². The molecular weight excluding hydrogens is 328 g/mol. The summed E-state index contributed by atoms with van der Waals surface area (Å²) in [7, 11) is 1.70. The Balaban J connectivity index is 2.17. The Kier molecular flexibility index (Phi) is 5.37. The highest BCUT2D eigenvalue weighted by molar-refractivity contribution is 9.10. The molecule has 1 aliphatic carbocycles. The number of rotatable bonds is 4. The molecule has 0 saturated heterocycles. The lowest BCUT2D eigenvalue weighted by Crippen LogP contribution is -2.39. The van der Waals surface area contributed by atoms with E-state index in [1.807, 2.05) is 12.1 Å². The number of benzene rings is 1. The third-order valence-electron chi connectivity index (χ3n) is 4.98. The van der Waals surface area contributed by atoms with Gasteiger partial charge in [0.15, 0.2) is 0 Å².